The average molecular weight is 436 g/mol. The fourth-order valence-corrected chi connectivity index (χ4v) is 3.29. The van der Waals surface area contributed by atoms with Gasteiger partial charge in [0.1, 0.15) is 23.5 Å². The van der Waals surface area contributed by atoms with Crippen LogP contribution < -0.4 is 16.6 Å². The lowest BCUT2D eigenvalue weighted by Gasteiger charge is -2.30. The third-order valence-corrected chi connectivity index (χ3v) is 4.67. The minimum atomic E-state index is -1.93. The van der Waals surface area contributed by atoms with Gasteiger partial charge in [0.15, 0.2) is 0 Å². The molecule has 2 heterocycles. The van der Waals surface area contributed by atoms with Gasteiger partial charge in [-0.25, -0.2) is 22.5 Å². The van der Waals surface area contributed by atoms with Gasteiger partial charge in [-0.15, -0.1) is 0 Å². The Morgan fingerprint density at radius 2 is 1.87 bits per heavy atom. The third-order valence-electron chi connectivity index (χ3n) is 4.67. The zero-order valence-electron chi connectivity index (χ0n) is 16.7. The van der Waals surface area contributed by atoms with E-state index in [4.69, 9.17) is 0 Å². The largest absolute Gasteiger partial charge is 0.388 e. The van der Waals surface area contributed by atoms with Crippen molar-refractivity contribution in [3.05, 3.63) is 74.4 Å². The van der Waals surface area contributed by atoms with E-state index in [1.54, 1.807) is 0 Å². The molecule has 11 heteroatoms. The Hall–Kier alpha value is -3.47. The number of aromatic nitrogens is 3. The van der Waals surface area contributed by atoms with E-state index in [2.05, 4.69) is 15.3 Å². The maximum absolute atomic E-state index is 14.0. The predicted molar refractivity (Wildman–Crippen MR) is 105 cm³/mol. The highest BCUT2D eigenvalue weighted by molar-refractivity contribution is 5.83. The summed E-state index contributed by atoms with van der Waals surface area (Å²) in [6, 6.07) is 0.874. The Morgan fingerprint density at radius 3 is 2.48 bits per heavy atom. The minimum absolute atomic E-state index is 0.0495. The fourth-order valence-electron chi connectivity index (χ4n) is 3.29. The van der Waals surface area contributed by atoms with E-state index in [1.165, 1.54) is 26.8 Å². The summed E-state index contributed by atoms with van der Waals surface area (Å²) in [6.07, 6.45) is 0.765. The quantitative estimate of drug-likeness (QED) is 0.563. The highest BCUT2D eigenvalue weighted by Gasteiger charge is 2.38. The van der Waals surface area contributed by atoms with Gasteiger partial charge in [0.2, 0.25) is 5.91 Å². The SMILES string of the molecule is C[C@H](NC(=O)[C@@H](n1c(=O)[nH]c2ccc(F)cc2c1=O)C(C)(C)O)c1ncc(F)cc1F. The van der Waals surface area contributed by atoms with Gasteiger partial charge in [-0.1, -0.05) is 0 Å². The molecule has 0 unspecified atom stereocenters. The summed E-state index contributed by atoms with van der Waals surface area (Å²) in [6.45, 7) is 3.74. The van der Waals surface area contributed by atoms with Gasteiger partial charge in [0.05, 0.1) is 34.4 Å². The van der Waals surface area contributed by atoms with Crippen LogP contribution in [0.1, 0.15) is 38.5 Å². The molecule has 0 saturated carbocycles. The van der Waals surface area contributed by atoms with Crippen LogP contribution >= 0.6 is 0 Å². The molecular weight excluding hydrogens is 417 g/mol. The van der Waals surface area contributed by atoms with E-state index in [0.717, 1.165) is 18.3 Å². The highest BCUT2D eigenvalue weighted by atomic mass is 19.1. The molecular formula is C20H19F3N4O4. The lowest BCUT2D eigenvalue weighted by molar-refractivity contribution is -0.132. The zero-order chi connectivity index (χ0) is 23.1. The van der Waals surface area contributed by atoms with Crippen LogP contribution in [0.5, 0.6) is 0 Å². The number of aromatic amines is 1. The van der Waals surface area contributed by atoms with Crippen molar-refractivity contribution < 1.29 is 23.1 Å². The molecule has 164 valence electrons. The fraction of sp³-hybridized carbons (Fsp3) is 0.300. The summed E-state index contributed by atoms with van der Waals surface area (Å²) >= 11 is 0. The number of carbonyl (C=O) groups excluding carboxylic acids is 1. The van der Waals surface area contributed by atoms with Gasteiger partial charge < -0.3 is 15.4 Å². The summed E-state index contributed by atoms with van der Waals surface area (Å²) < 4.78 is 41.2. The maximum Gasteiger partial charge on any atom is 0.329 e. The molecule has 3 aromatic rings. The van der Waals surface area contributed by atoms with Gasteiger partial charge in [-0.05, 0) is 39.0 Å². The van der Waals surface area contributed by atoms with Crippen molar-refractivity contribution in [2.45, 2.75) is 38.5 Å². The monoisotopic (exact) mass is 436 g/mol. The number of amides is 1. The maximum atomic E-state index is 14.0. The standard InChI is InChI=1S/C20H19F3N4O4/c1-9(15-13(23)7-11(22)8-24-15)25-17(28)16(20(2,3)31)27-18(29)12-6-10(21)4-5-14(12)26-19(27)30/h4-9,16,31H,1-3H3,(H,25,28)(H,26,30)/t9-,16+/m0/s1. The Morgan fingerprint density at radius 1 is 1.19 bits per heavy atom. The number of hydrogen-bond donors (Lipinski definition) is 3. The average Bonchev–Trinajstić information content (AvgIpc) is 2.64. The number of H-pyrrole nitrogens is 1. The van der Waals surface area contributed by atoms with Gasteiger partial charge >= 0.3 is 5.69 Å². The highest BCUT2D eigenvalue weighted by Crippen LogP contribution is 2.23. The van der Waals surface area contributed by atoms with Crippen LogP contribution in [0.4, 0.5) is 13.2 Å². The smallest absolute Gasteiger partial charge is 0.329 e. The van der Waals surface area contributed by atoms with Crippen LogP contribution in [-0.2, 0) is 4.79 Å². The van der Waals surface area contributed by atoms with Crippen molar-refractivity contribution in [1.82, 2.24) is 19.9 Å². The number of rotatable bonds is 5. The van der Waals surface area contributed by atoms with Crippen LogP contribution in [0.15, 0.2) is 40.1 Å². The van der Waals surface area contributed by atoms with E-state index in [0.29, 0.717) is 10.6 Å². The summed E-state index contributed by atoms with van der Waals surface area (Å²) in [5.41, 5.74) is -4.18. The molecule has 0 bridgehead atoms. The second-order valence-corrected chi connectivity index (χ2v) is 7.60. The number of carbonyl (C=O) groups is 1. The molecule has 0 radical (unpaired) electrons. The molecule has 2 atom stereocenters. The van der Waals surface area contributed by atoms with Crippen LogP contribution in [-0.4, -0.2) is 31.1 Å². The number of nitrogens with zero attached hydrogens (tertiary/aromatic N) is 2. The first-order chi connectivity index (χ1) is 14.4. The molecule has 0 aliphatic carbocycles. The number of aliphatic hydroxyl groups is 1. The van der Waals surface area contributed by atoms with E-state index in [1.807, 2.05) is 0 Å². The summed E-state index contributed by atoms with van der Waals surface area (Å²) in [5, 5.41) is 12.7. The molecule has 1 aromatic carbocycles. The van der Waals surface area contributed by atoms with E-state index in [-0.39, 0.29) is 16.6 Å². The topological polar surface area (TPSA) is 117 Å². The number of pyridine rings is 1. The van der Waals surface area contributed by atoms with Crippen LogP contribution in [0.3, 0.4) is 0 Å². The van der Waals surface area contributed by atoms with Crippen molar-refractivity contribution in [3.8, 4) is 0 Å². The number of nitrogens with one attached hydrogen (secondary N) is 2. The van der Waals surface area contributed by atoms with E-state index >= 15 is 0 Å². The van der Waals surface area contributed by atoms with Crippen molar-refractivity contribution in [3.63, 3.8) is 0 Å². The molecule has 0 spiro atoms. The molecule has 3 rings (SSSR count). The lowest BCUT2D eigenvalue weighted by Crippen LogP contribution is -2.53. The molecule has 2 aromatic heterocycles. The molecule has 3 N–H and O–H groups in total. The summed E-state index contributed by atoms with van der Waals surface area (Å²) in [4.78, 5) is 44.5. The molecule has 8 nitrogen and oxygen atoms in total. The number of fused-ring (bicyclic) bond motifs is 1. The minimum Gasteiger partial charge on any atom is -0.388 e. The molecule has 0 saturated heterocycles. The molecule has 1 amide bonds. The summed E-state index contributed by atoms with van der Waals surface area (Å²) in [5.74, 6) is -3.66. The number of hydrogen-bond acceptors (Lipinski definition) is 5. The lowest BCUT2D eigenvalue weighted by atomic mass is 9.97. The molecule has 0 aliphatic rings. The van der Waals surface area contributed by atoms with E-state index < -0.39 is 52.3 Å². The first kappa shape index (κ1) is 22.2. The molecule has 31 heavy (non-hydrogen) atoms. The van der Waals surface area contributed by atoms with Crippen molar-refractivity contribution >= 4 is 16.8 Å². The first-order valence-corrected chi connectivity index (χ1v) is 9.18. The Bertz CT molecular complexity index is 1280. The van der Waals surface area contributed by atoms with Crippen LogP contribution in [0.25, 0.3) is 10.9 Å². The van der Waals surface area contributed by atoms with E-state index in [9.17, 15) is 32.7 Å². The normalized spacial score (nSPS) is 13.8. The number of benzene rings is 1. The van der Waals surface area contributed by atoms with Crippen molar-refractivity contribution in [2.24, 2.45) is 0 Å². The molecule has 0 fully saturated rings. The number of halogens is 3. The predicted octanol–water partition coefficient (Wildman–Crippen LogP) is 1.69. The van der Waals surface area contributed by atoms with Gasteiger partial charge in [0.25, 0.3) is 5.56 Å². The summed E-state index contributed by atoms with van der Waals surface area (Å²) in [7, 11) is 0. The second kappa shape index (κ2) is 7.99. The van der Waals surface area contributed by atoms with Crippen LogP contribution in [0.2, 0.25) is 0 Å². The van der Waals surface area contributed by atoms with Crippen LogP contribution in [0, 0.1) is 17.5 Å². The van der Waals surface area contributed by atoms with Crippen molar-refractivity contribution in [2.75, 3.05) is 0 Å². The first-order valence-electron chi connectivity index (χ1n) is 9.18. The Kier molecular flexibility index (Phi) is 5.72. The van der Waals surface area contributed by atoms with Gasteiger partial charge in [-0.2, -0.15) is 0 Å². The second-order valence-electron chi connectivity index (χ2n) is 7.60. The Balaban J connectivity index is 2.08. The van der Waals surface area contributed by atoms with Crippen molar-refractivity contribution in [1.29, 1.82) is 0 Å². The third kappa shape index (κ3) is 4.36. The Labute approximate surface area is 173 Å². The van der Waals surface area contributed by atoms with Gasteiger partial charge in [-0.3, -0.25) is 14.6 Å². The van der Waals surface area contributed by atoms with Gasteiger partial charge in [0, 0.05) is 6.07 Å². The molecule has 0 aliphatic heterocycles. The zero-order valence-corrected chi connectivity index (χ0v) is 16.7.